The molecule has 1 N–H and O–H groups in total. The monoisotopic (exact) mass is 682 g/mol. The van der Waals surface area contributed by atoms with Crippen LogP contribution in [0.4, 0.5) is 5.69 Å². The Morgan fingerprint density at radius 2 is 1.83 bits per heavy atom. The van der Waals surface area contributed by atoms with Gasteiger partial charge in [-0.25, -0.2) is 0 Å². The number of halogens is 2. The van der Waals surface area contributed by atoms with Gasteiger partial charge in [-0.05, 0) is 62.0 Å². The first-order chi connectivity index (χ1) is 21.6. The number of anilines is 1. The highest BCUT2D eigenvalue weighted by molar-refractivity contribution is 7.99. The molecule has 2 aliphatic rings. The van der Waals surface area contributed by atoms with Gasteiger partial charge in [0.05, 0.1) is 12.7 Å². The van der Waals surface area contributed by atoms with Crippen molar-refractivity contribution < 1.29 is 14.4 Å². The van der Waals surface area contributed by atoms with Crippen LogP contribution in [0.3, 0.4) is 0 Å². The molecule has 46 heavy (non-hydrogen) atoms. The van der Waals surface area contributed by atoms with Crippen LogP contribution in [0.2, 0.25) is 0 Å². The zero-order valence-corrected chi connectivity index (χ0v) is 28.5. The van der Waals surface area contributed by atoms with Crippen LogP contribution in [-0.2, 0) is 10.6 Å². The van der Waals surface area contributed by atoms with Gasteiger partial charge < -0.3 is 29.3 Å². The summed E-state index contributed by atoms with van der Waals surface area (Å²) in [6.07, 6.45) is 6.56. The molecule has 6 rings (SSSR count). The summed E-state index contributed by atoms with van der Waals surface area (Å²) < 4.78 is 7.53. The number of oxime groups is 1. The molecule has 12 heteroatoms. The summed E-state index contributed by atoms with van der Waals surface area (Å²) in [5.74, 6) is 1.40. The lowest BCUT2D eigenvalue weighted by Crippen LogP contribution is -2.44. The fourth-order valence-corrected chi connectivity index (χ4v) is 6.88. The molecule has 0 bridgehead atoms. The number of thioether (sulfide) groups is 1. The molecule has 4 heterocycles. The molecule has 9 nitrogen and oxygen atoms in total. The molecule has 0 saturated carbocycles. The van der Waals surface area contributed by atoms with E-state index in [1.807, 2.05) is 73.1 Å². The Kier molecular flexibility index (Phi) is 12.9. The number of hydrogen-bond acceptors (Lipinski definition) is 8. The summed E-state index contributed by atoms with van der Waals surface area (Å²) in [6.45, 7) is 5.91. The number of carbonyl (C=O) groups is 1. The third-order valence-electron chi connectivity index (χ3n) is 8.09. The second-order valence-electron chi connectivity index (χ2n) is 11.1. The second-order valence-corrected chi connectivity index (χ2v) is 12.1. The summed E-state index contributed by atoms with van der Waals surface area (Å²) >= 11 is 1.79. The van der Waals surface area contributed by atoms with E-state index in [1.54, 1.807) is 25.1 Å². The van der Waals surface area contributed by atoms with E-state index in [-0.39, 0.29) is 36.1 Å². The lowest BCUT2D eigenvalue weighted by molar-refractivity contribution is 0.102. The number of methoxy groups -OCH3 is 1. The number of pyridine rings is 1. The molecule has 1 fully saturated rings. The van der Waals surface area contributed by atoms with E-state index < -0.39 is 0 Å². The average Bonchev–Trinajstić information content (AvgIpc) is 3.67. The topological polar surface area (TPSA) is 84.2 Å². The fraction of sp³-hybridized carbons (Fsp3) is 0.324. The molecule has 2 aromatic heterocycles. The number of hydrogen-bond donors (Lipinski definition) is 1. The number of likely N-dealkylation sites (N-methyl/N-ethyl adjacent to an activating group) is 1. The van der Waals surface area contributed by atoms with Crippen molar-refractivity contribution in [1.29, 1.82) is 0 Å². The van der Waals surface area contributed by atoms with E-state index in [1.165, 1.54) is 0 Å². The highest BCUT2D eigenvalue weighted by atomic mass is 35.5. The van der Waals surface area contributed by atoms with Crippen molar-refractivity contribution >= 4 is 53.9 Å². The number of carbonyl (C=O) groups excluding carboxylic acids is 1. The van der Waals surface area contributed by atoms with Gasteiger partial charge in [0.2, 0.25) is 0 Å². The molecular formula is C34H40Cl2N6O3S. The SMILES string of the molecule is COc1ccc(C(=NOCCCN2CCN(C)CC2)c2cccc(NC(=O)c3ccn4c3CSC4c3cccnc3)c2)cc1.Cl.Cl. The van der Waals surface area contributed by atoms with Gasteiger partial charge in [0.15, 0.2) is 0 Å². The Bertz CT molecular complexity index is 1590. The van der Waals surface area contributed by atoms with E-state index in [4.69, 9.17) is 9.57 Å². The first-order valence-corrected chi connectivity index (χ1v) is 16.0. The summed E-state index contributed by atoms with van der Waals surface area (Å²) in [4.78, 5) is 28.4. The molecule has 0 aliphatic carbocycles. The Morgan fingerprint density at radius 3 is 2.57 bits per heavy atom. The predicted octanol–water partition coefficient (Wildman–Crippen LogP) is 6.19. The maximum atomic E-state index is 13.5. The van der Waals surface area contributed by atoms with Crippen LogP contribution in [0.15, 0.2) is 90.5 Å². The smallest absolute Gasteiger partial charge is 0.257 e. The van der Waals surface area contributed by atoms with E-state index in [0.29, 0.717) is 23.6 Å². The zero-order chi connectivity index (χ0) is 30.3. The summed E-state index contributed by atoms with van der Waals surface area (Å²) in [5.41, 5.74) is 5.96. The minimum atomic E-state index is -0.133. The second kappa shape index (κ2) is 16.9. The van der Waals surface area contributed by atoms with Gasteiger partial charge in [0.25, 0.3) is 5.91 Å². The Labute approximate surface area is 287 Å². The number of piperazine rings is 1. The van der Waals surface area contributed by atoms with Crippen molar-refractivity contribution in [2.24, 2.45) is 5.16 Å². The van der Waals surface area contributed by atoms with Crippen LogP contribution in [0.5, 0.6) is 5.75 Å². The molecule has 1 amide bonds. The molecule has 1 saturated heterocycles. The van der Waals surface area contributed by atoms with Crippen LogP contribution < -0.4 is 10.1 Å². The number of fused-ring (bicyclic) bond motifs is 1. The first kappa shape index (κ1) is 35.3. The lowest BCUT2D eigenvalue weighted by atomic mass is 10.0. The van der Waals surface area contributed by atoms with Crippen molar-refractivity contribution in [1.82, 2.24) is 19.4 Å². The Balaban J connectivity index is 0.00000240. The van der Waals surface area contributed by atoms with Crippen LogP contribution in [0.1, 0.15) is 44.5 Å². The minimum Gasteiger partial charge on any atom is -0.497 e. The molecule has 2 aromatic carbocycles. The molecule has 1 atom stereocenters. The molecular weight excluding hydrogens is 643 g/mol. The third kappa shape index (κ3) is 8.43. The lowest BCUT2D eigenvalue weighted by Gasteiger charge is -2.32. The van der Waals surface area contributed by atoms with Crippen LogP contribution in [-0.4, -0.2) is 84.5 Å². The number of benzene rings is 2. The number of rotatable bonds is 11. The van der Waals surface area contributed by atoms with Crippen molar-refractivity contribution in [3.05, 3.63) is 113 Å². The number of aromatic nitrogens is 2. The van der Waals surface area contributed by atoms with Gasteiger partial charge in [0.1, 0.15) is 23.4 Å². The number of nitrogens with one attached hydrogen (secondary N) is 1. The number of nitrogens with zero attached hydrogens (tertiary/aromatic N) is 5. The molecule has 0 spiro atoms. The molecule has 4 aromatic rings. The standard InChI is InChI=1S/C34H38N6O3S.2ClH/c1-38-17-19-39(20-18-38)15-5-21-43-37-32(25-9-11-29(42-2)12-10-25)26-6-3-8-28(22-26)36-33(41)30-13-16-40-31(30)24-44-34(40)27-7-4-14-35-23-27;;/h3-4,6-14,16,22-23,34H,5,15,17-21,24H2,1-2H3,(H,36,41);2*1H. The van der Waals surface area contributed by atoms with Gasteiger partial charge >= 0.3 is 0 Å². The number of amides is 1. The van der Waals surface area contributed by atoms with E-state index in [0.717, 1.165) is 73.0 Å². The Morgan fingerprint density at radius 1 is 1.02 bits per heavy atom. The third-order valence-corrected chi connectivity index (χ3v) is 9.34. The predicted molar refractivity (Wildman–Crippen MR) is 190 cm³/mol. The quantitative estimate of drug-likeness (QED) is 0.115. The van der Waals surface area contributed by atoms with Crippen molar-refractivity contribution in [3.8, 4) is 5.75 Å². The average molecular weight is 684 g/mol. The molecule has 244 valence electrons. The van der Waals surface area contributed by atoms with Crippen molar-refractivity contribution in [2.75, 3.05) is 58.8 Å². The maximum Gasteiger partial charge on any atom is 0.257 e. The van der Waals surface area contributed by atoms with Gasteiger partial charge in [0, 0.05) is 85.1 Å². The summed E-state index contributed by atoms with van der Waals surface area (Å²) in [5, 5.41) is 7.82. The fourth-order valence-electron chi connectivity index (χ4n) is 5.57. The van der Waals surface area contributed by atoms with Crippen molar-refractivity contribution in [3.63, 3.8) is 0 Å². The first-order valence-electron chi connectivity index (χ1n) is 15.0. The maximum absolute atomic E-state index is 13.5. The van der Waals surface area contributed by atoms with Gasteiger partial charge in [-0.2, -0.15) is 0 Å². The molecule has 1 unspecified atom stereocenters. The summed E-state index contributed by atoms with van der Waals surface area (Å²) in [7, 11) is 3.82. The van der Waals surface area contributed by atoms with Gasteiger partial charge in [-0.1, -0.05) is 23.4 Å². The van der Waals surface area contributed by atoms with Crippen LogP contribution in [0.25, 0.3) is 0 Å². The molecule has 0 radical (unpaired) electrons. The van der Waals surface area contributed by atoms with E-state index in [2.05, 4.69) is 42.9 Å². The molecule has 2 aliphatic heterocycles. The van der Waals surface area contributed by atoms with E-state index >= 15 is 0 Å². The number of ether oxygens (including phenoxy) is 1. The van der Waals surface area contributed by atoms with Crippen molar-refractivity contribution in [2.45, 2.75) is 17.5 Å². The highest BCUT2D eigenvalue weighted by Gasteiger charge is 2.28. The van der Waals surface area contributed by atoms with Crippen LogP contribution in [0, 0.1) is 0 Å². The largest absolute Gasteiger partial charge is 0.497 e. The van der Waals surface area contributed by atoms with Crippen LogP contribution >= 0.6 is 36.6 Å². The summed E-state index contributed by atoms with van der Waals surface area (Å²) in [6, 6.07) is 21.4. The zero-order valence-electron chi connectivity index (χ0n) is 26.0. The van der Waals surface area contributed by atoms with E-state index in [9.17, 15) is 4.79 Å². The Hall–Kier alpha value is -3.54. The normalized spacial score (nSPS) is 16.6. The minimum absolute atomic E-state index is 0. The van der Waals surface area contributed by atoms with Gasteiger partial charge in [-0.3, -0.25) is 9.78 Å². The highest BCUT2D eigenvalue weighted by Crippen LogP contribution is 2.42. The van der Waals surface area contributed by atoms with Gasteiger partial charge in [-0.15, -0.1) is 36.6 Å².